The summed E-state index contributed by atoms with van der Waals surface area (Å²) in [4.78, 5) is 14.8. The maximum atomic E-state index is 5.35. The lowest BCUT2D eigenvalue weighted by Gasteiger charge is -2.14. The fourth-order valence-corrected chi connectivity index (χ4v) is 10.3. The van der Waals surface area contributed by atoms with Crippen LogP contribution in [0.4, 0.5) is 0 Å². The Labute approximate surface area is 331 Å². The number of thiophene rings is 2. The lowest BCUT2D eigenvalue weighted by molar-refractivity contribution is 1.18. The Bertz CT molecular complexity index is 3110. The molecule has 4 aromatic heterocycles. The number of benzene rings is 7. The average Bonchev–Trinajstić information content (AvgIpc) is 3.86. The van der Waals surface area contributed by atoms with Crippen molar-refractivity contribution >= 4 is 63.0 Å². The fourth-order valence-electron chi connectivity index (χ4n) is 7.86. The third-order valence-electron chi connectivity index (χ3n) is 10.6. The van der Waals surface area contributed by atoms with Crippen LogP contribution < -0.4 is 0 Å². The number of hydrogen-bond acceptors (Lipinski definition) is 5. The molecule has 262 valence electrons. The van der Waals surface area contributed by atoms with Crippen LogP contribution >= 0.6 is 22.7 Å². The largest absolute Gasteiger partial charge is 0.264 e. The molecule has 4 heterocycles. The summed E-state index contributed by atoms with van der Waals surface area (Å²) in [5.74, 6) is 0.684. The number of nitrogens with zero attached hydrogens (tertiary/aromatic N) is 3. The van der Waals surface area contributed by atoms with Crippen LogP contribution in [0.2, 0.25) is 0 Å². The van der Waals surface area contributed by atoms with Crippen LogP contribution in [0.25, 0.3) is 108 Å². The second-order valence-electron chi connectivity index (χ2n) is 14.0. The molecule has 0 saturated carbocycles. The predicted octanol–water partition coefficient (Wildman–Crippen LogP) is 14.6. The van der Waals surface area contributed by atoms with E-state index in [1.165, 1.54) is 51.5 Å². The highest BCUT2D eigenvalue weighted by atomic mass is 32.1. The molecule has 0 fully saturated rings. The predicted molar refractivity (Wildman–Crippen MR) is 238 cm³/mol. The van der Waals surface area contributed by atoms with Gasteiger partial charge in [-0.05, 0) is 75.8 Å². The number of rotatable bonds is 6. The molecule has 0 N–H and O–H groups in total. The summed E-state index contributed by atoms with van der Waals surface area (Å²) in [5.41, 5.74) is 11.7. The first-order valence-corrected chi connectivity index (χ1v) is 20.3. The average molecular weight is 750 g/mol. The molecule has 0 spiro atoms. The van der Waals surface area contributed by atoms with Crippen LogP contribution in [0.1, 0.15) is 0 Å². The van der Waals surface area contributed by atoms with Crippen molar-refractivity contribution < 1.29 is 0 Å². The molecule has 0 aliphatic heterocycles. The van der Waals surface area contributed by atoms with Gasteiger partial charge in [-0.1, -0.05) is 133 Å². The van der Waals surface area contributed by atoms with Gasteiger partial charge in [0.25, 0.3) is 0 Å². The first-order valence-electron chi connectivity index (χ1n) is 18.7. The summed E-state index contributed by atoms with van der Waals surface area (Å²) in [6.45, 7) is 0. The van der Waals surface area contributed by atoms with Crippen molar-refractivity contribution in [3.05, 3.63) is 188 Å². The van der Waals surface area contributed by atoms with Crippen LogP contribution in [0.3, 0.4) is 0 Å². The van der Waals surface area contributed by atoms with Gasteiger partial charge in [-0.2, -0.15) is 0 Å². The number of pyridine rings is 1. The molecule has 0 aliphatic carbocycles. The maximum absolute atomic E-state index is 5.35. The third-order valence-corrected chi connectivity index (χ3v) is 13.0. The van der Waals surface area contributed by atoms with Gasteiger partial charge in [0, 0.05) is 69.4 Å². The standard InChI is InChI=1S/C51H31N3S2/c1-2-11-33(12-3-1)45-30-46(54-51(53-45)34-24-22-32(23-25-34)35-13-10-26-52-31-35)38-28-36(39-16-8-18-43-41-14-4-6-20-47(41)55-49(39)43)27-37(29-38)40-17-9-19-44-42-15-5-7-21-48(42)56-50(40)44/h1-31H. The lowest BCUT2D eigenvalue weighted by Crippen LogP contribution is -1.97. The Kier molecular flexibility index (Phi) is 7.87. The van der Waals surface area contributed by atoms with E-state index in [0.29, 0.717) is 5.82 Å². The normalized spacial score (nSPS) is 11.6. The molecule has 11 aromatic rings. The zero-order valence-corrected chi connectivity index (χ0v) is 31.7. The van der Waals surface area contributed by atoms with Gasteiger partial charge in [0.2, 0.25) is 0 Å². The number of hydrogen-bond donors (Lipinski definition) is 0. The molecule has 56 heavy (non-hydrogen) atoms. The van der Waals surface area contributed by atoms with Crippen molar-refractivity contribution in [3.63, 3.8) is 0 Å². The van der Waals surface area contributed by atoms with Crippen molar-refractivity contribution in [2.24, 2.45) is 0 Å². The van der Waals surface area contributed by atoms with E-state index in [9.17, 15) is 0 Å². The highest BCUT2D eigenvalue weighted by molar-refractivity contribution is 7.26. The van der Waals surface area contributed by atoms with Crippen molar-refractivity contribution in [3.8, 4) is 67.3 Å². The van der Waals surface area contributed by atoms with Gasteiger partial charge >= 0.3 is 0 Å². The fraction of sp³-hybridized carbons (Fsp3) is 0. The van der Waals surface area contributed by atoms with Gasteiger partial charge in [-0.3, -0.25) is 4.98 Å². The summed E-state index contributed by atoms with van der Waals surface area (Å²) >= 11 is 3.73. The van der Waals surface area contributed by atoms with Crippen molar-refractivity contribution in [2.75, 3.05) is 0 Å². The van der Waals surface area contributed by atoms with Crippen molar-refractivity contribution in [1.29, 1.82) is 0 Å². The Hall–Kier alpha value is -6.79. The van der Waals surface area contributed by atoms with Gasteiger partial charge in [-0.25, -0.2) is 9.97 Å². The molecule has 0 radical (unpaired) electrons. The molecule has 11 rings (SSSR count). The minimum absolute atomic E-state index is 0.684. The third kappa shape index (κ3) is 5.68. The van der Waals surface area contributed by atoms with E-state index in [2.05, 4.69) is 169 Å². The highest BCUT2D eigenvalue weighted by Gasteiger charge is 2.18. The van der Waals surface area contributed by atoms with Crippen LogP contribution in [-0.4, -0.2) is 15.0 Å². The first kappa shape index (κ1) is 32.6. The van der Waals surface area contributed by atoms with Crippen LogP contribution in [0, 0.1) is 0 Å². The Morgan fingerprint density at radius 1 is 0.339 bits per heavy atom. The van der Waals surface area contributed by atoms with Crippen LogP contribution in [0.15, 0.2) is 188 Å². The topological polar surface area (TPSA) is 38.7 Å². The Morgan fingerprint density at radius 2 is 0.857 bits per heavy atom. The molecule has 0 aliphatic rings. The van der Waals surface area contributed by atoms with Gasteiger partial charge < -0.3 is 0 Å². The Balaban J connectivity index is 1.15. The minimum Gasteiger partial charge on any atom is -0.264 e. The summed E-state index contributed by atoms with van der Waals surface area (Å²) in [6.07, 6.45) is 3.69. The molecule has 5 heteroatoms. The number of fused-ring (bicyclic) bond motifs is 6. The van der Waals surface area contributed by atoms with E-state index in [1.54, 1.807) is 6.20 Å². The lowest BCUT2D eigenvalue weighted by atomic mass is 9.93. The first-order chi connectivity index (χ1) is 27.7. The molecule has 3 nitrogen and oxygen atoms in total. The summed E-state index contributed by atoms with van der Waals surface area (Å²) < 4.78 is 5.17. The van der Waals surface area contributed by atoms with Gasteiger partial charge in [0.15, 0.2) is 5.82 Å². The van der Waals surface area contributed by atoms with E-state index in [4.69, 9.17) is 9.97 Å². The molecule has 0 amide bonds. The van der Waals surface area contributed by atoms with E-state index >= 15 is 0 Å². The quantitative estimate of drug-likeness (QED) is 0.170. The SMILES string of the molecule is c1ccc(-c2cc(-c3cc(-c4cccc5c4sc4ccccc45)cc(-c4cccc5c4sc4ccccc45)c3)nc(-c3ccc(-c4cccnc4)cc3)n2)cc1. The smallest absolute Gasteiger partial charge is 0.160 e. The molecule has 0 saturated heterocycles. The molecule has 0 unspecified atom stereocenters. The zero-order chi connectivity index (χ0) is 37.0. The second kappa shape index (κ2) is 13.5. The molecular weight excluding hydrogens is 719 g/mol. The van der Waals surface area contributed by atoms with Gasteiger partial charge in [0.05, 0.1) is 11.4 Å². The van der Waals surface area contributed by atoms with Gasteiger partial charge in [0.1, 0.15) is 0 Å². The van der Waals surface area contributed by atoms with E-state index in [1.807, 2.05) is 41.0 Å². The van der Waals surface area contributed by atoms with E-state index in [0.717, 1.165) is 50.3 Å². The summed E-state index contributed by atoms with van der Waals surface area (Å²) in [7, 11) is 0. The number of aromatic nitrogens is 3. The van der Waals surface area contributed by atoms with Crippen molar-refractivity contribution in [1.82, 2.24) is 15.0 Å². The van der Waals surface area contributed by atoms with Crippen LogP contribution in [-0.2, 0) is 0 Å². The zero-order valence-electron chi connectivity index (χ0n) is 30.1. The molecule has 7 aromatic carbocycles. The maximum Gasteiger partial charge on any atom is 0.160 e. The van der Waals surface area contributed by atoms with Crippen LogP contribution in [0.5, 0.6) is 0 Å². The van der Waals surface area contributed by atoms with Crippen molar-refractivity contribution in [2.45, 2.75) is 0 Å². The minimum atomic E-state index is 0.684. The highest BCUT2D eigenvalue weighted by Crippen LogP contribution is 2.45. The monoisotopic (exact) mass is 749 g/mol. The van der Waals surface area contributed by atoms with Gasteiger partial charge in [-0.15, -0.1) is 22.7 Å². The summed E-state index contributed by atoms with van der Waals surface area (Å²) in [6, 6.07) is 63.0. The van der Waals surface area contributed by atoms with E-state index in [-0.39, 0.29) is 0 Å². The second-order valence-corrected chi connectivity index (χ2v) is 16.1. The Morgan fingerprint density at radius 3 is 1.46 bits per heavy atom. The molecule has 0 bridgehead atoms. The summed E-state index contributed by atoms with van der Waals surface area (Å²) in [5, 5.41) is 5.16. The molecule has 0 atom stereocenters. The van der Waals surface area contributed by atoms with E-state index < -0.39 is 0 Å². The molecular formula is C51H31N3S2.